The van der Waals surface area contributed by atoms with Gasteiger partial charge in [0.05, 0.1) is 13.1 Å². The van der Waals surface area contributed by atoms with Crippen LogP contribution in [0.4, 0.5) is 0 Å². The van der Waals surface area contributed by atoms with E-state index in [4.69, 9.17) is 0 Å². The fraction of sp³-hybridized carbons (Fsp3) is 0.875. The van der Waals surface area contributed by atoms with E-state index in [1.54, 1.807) is 0 Å². The first-order chi connectivity index (χ1) is 12.9. The topological polar surface area (TPSA) is 8.81 Å². The van der Waals surface area contributed by atoms with Gasteiger partial charge in [-0.1, -0.05) is 97.3 Å². The highest BCUT2D eigenvalue weighted by molar-refractivity contribution is 4.66. The summed E-state index contributed by atoms with van der Waals surface area (Å²) >= 11 is 0. The van der Waals surface area contributed by atoms with Crippen molar-refractivity contribution in [2.45, 2.75) is 136 Å². The first-order valence-electron chi connectivity index (χ1n) is 11.9. The van der Waals surface area contributed by atoms with Gasteiger partial charge in [-0.2, -0.15) is 0 Å². The number of rotatable bonds is 19. The Hall–Kier alpha value is -0.790. The molecule has 0 aliphatic heterocycles. The number of aromatic nitrogens is 2. The summed E-state index contributed by atoms with van der Waals surface area (Å²) in [7, 11) is 0. The molecule has 0 atom stereocenters. The largest absolute Gasteiger partial charge is 0.243 e. The van der Waals surface area contributed by atoms with Crippen molar-refractivity contribution in [2.75, 3.05) is 0 Å². The van der Waals surface area contributed by atoms with Crippen LogP contribution in [0.5, 0.6) is 0 Å². The molecule has 0 aliphatic carbocycles. The van der Waals surface area contributed by atoms with Crippen LogP contribution in [0.2, 0.25) is 0 Å². The van der Waals surface area contributed by atoms with Crippen molar-refractivity contribution >= 4 is 0 Å². The molecular weight excluding hydrogens is 316 g/mol. The first-order valence-corrected chi connectivity index (χ1v) is 11.9. The molecule has 26 heavy (non-hydrogen) atoms. The smallest absolute Gasteiger partial charge is 0.237 e. The average molecular weight is 364 g/mol. The molecule has 1 heterocycles. The minimum atomic E-state index is 1.19. The minimum absolute atomic E-state index is 1.19. The van der Waals surface area contributed by atoms with Gasteiger partial charge in [0.1, 0.15) is 12.4 Å². The lowest BCUT2D eigenvalue weighted by molar-refractivity contribution is -0.696. The van der Waals surface area contributed by atoms with Gasteiger partial charge < -0.3 is 0 Å². The maximum absolute atomic E-state index is 2.38. The van der Waals surface area contributed by atoms with Crippen molar-refractivity contribution < 1.29 is 4.57 Å². The lowest BCUT2D eigenvalue weighted by Gasteiger charge is -2.02. The van der Waals surface area contributed by atoms with Crippen molar-refractivity contribution in [2.24, 2.45) is 0 Å². The third-order valence-electron chi connectivity index (χ3n) is 5.54. The quantitative estimate of drug-likeness (QED) is 0.178. The van der Waals surface area contributed by atoms with Crippen molar-refractivity contribution in [1.29, 1.82) is 0 Å². The molecule has 2 nitrogen and oxygen atoms in total. The van der Waals surface area contributed by atoms with Crippen LogP contribution >= 0.6 is 0 Å². The van der Waals surface area contributed by atoms with Gasteiger partial charge in [-0.05, 0) is 25.7 Å². The number of hydrogen-bond donors (Lipinski definition) is 0. The fourth-order valence-corrected chi connectivity index (χ4v) is 3.74. The second-order valence-electron chi connectivity index (χ2n) is 8.19. The monoisotopic (exact) mass is 363 g/mol. The van der Waals surface area contributed by atoms with E-state index < -0.39 is 0 Å². The standard InChI is InChI=1S/C24H47N2/c1-3-5-7-9-11-12-13-14-15-17-19-21-26-23-22-25(24-26)20-18-16-10-8-6-4-2/h22-24H,3-21H2,1-2H3/q+1. The van der Waals surface area contributed by atoms with Gasteiger partial charge in [0.15, 0.2) is 0 Å². The number of imidazole rings is 1. The predicted molar refractivity (Wildman–Crippen MR) is 114 cm³/mol. The molecule has 0 amide bonds. The summed E-state index contributed by atoms with van der Waals surface area (Å²) in [5.41, 5.74) is 0. The van der Waals surface area contributed by atoms with Crippen LogP contribution in [0, 0.1) is 0 Å². The van der Waals surface area contributed by atoms with Crippen LogP contribution in [0.3, 0.4) is 0 Å². The Bertz CT molecular complexity index is 397. The van der Waals surface area contributed by atoms with Gasteiger partial charge in [-0.3, -0.25) is 0 Å². The highest BCUT2D eigenvalue weighted by Gasteiger charge is 2.03. The van der Waals surface area contributed by atoms with E-state index in [0.29, 0.717) is 0 Å². The molecule has 0 aliphatic rings. The molecule has 0 saturated carbocycles. The van der Waals surface area contributed by atoms with Crippen molar-refractivity contribution in [3.05, 3.63) is 18.7 Å². The zero-order valence-electron chi connectivity index (χ0n) is 18.1. The number of hydrogen-bond acceptors (Lipinski definition) is 0. The lowest BCUT2D eigenvalue weighted by atomic mass is 10.1. The summed E-state index contributed by atoms with van der Waals surface area (Å²) in [6.45, 7) is 6.97. The second kappa shape index (κ2) is 17.6. The third-order valence-corrected chi connectivity index (χ3v) is 5.54. The molecule has 2 heteroatoms. The van der Waals surface area contributed by atoms with E-state index in [-0.39, 0.29) is 0 Å². The molecule has 0 fully saturated rings. The van der Waals surface area contributed by atoms with Gasteiger partial charge in [0.2, 0.25) is 6.33 Å². The molecule has 0 unspecified atom stereocenters. The van der Waals surface area contributed by atoms with Gasteiger partial charge in [0.25, 0.3) is 0 Å². The van der Waals surface area contributed by atoms with E-state index in [1.165, 1.54) is 122 Å². The molecule has 0 N–H and O–H groups in total. The Kier molecular flexibility index (Phi) is 15.8. The molecule has 1 rings (SSSR count). The van der Waals surface area contributed by atoms with Gasteiger partial charge >= 0.3 is 0 Å². The SMILES string of the molecule is CCCCCCCCCCCCC[n+]1ccn(CCCCCCCC)c1. The Balaban J connectivity index is 1.90. The molecule has 1 aromatic heterocycles. The lowest BCUT2D eigenvalue weighted by Crippen LogP contribution is -2.30. The van der Waals surface area contributed by atoms with Crippen molar-refractivity contribution in [3.63, 3.8) is 0 Å². The summed E-state index contributed by atoms with van der Waals surface area (Å²) in [6.07, 6.45) is 30.8. The van der Waals surface area contributed by atoms with Crippen molar-refractivity contribution in [3.8, 4) is 0 Å². The average Bonchev–Trinajstić information content (AvgIpc) is 3.10. The molecule has 0 saturated heterocycles. The molecule has 0 radical (unpaired) electrons. The Morgan fingerprint density at radius 2 is 1.04 bits per heavy atom. The van der Waals surface area contributed by atoms with Gasteiger partial charge in [0, 0.05) is 0 Å². The van der Waals surface area contributed by atoms with Gasteiger partial charge in [-0.25, -0.2) is 9.13 Å². The minimum Gasteiger partial charge on any atom is -0.237 e. The fourth-order valence-electron chi connectivity index (χ4n) is 3.74. The zero-order valence-corrected chi connectivity index (χ0v) is 18.1. The van der Waals surface area contributed by atoms with Crippen LogP contribution < -0.4 is 4.57 Å². The Labute approximate surface area is 164 Å². The van der Waals surface area contributed by atoms with Crippen molar-refractivity contribution in [1.82, 2.24) is 4.57 Å². The highest BCUT2D eigenvalue weighted by Crippen LogP contribution is 2.11. The van der Waals surface area contributed by atoms with E-state index in [9.17, 15) is 0 Å². The van der Waals surface area contributed by atoms with E-state index in [0.717, 1.165) is 0 Å². The molecule has 152 valence electrons. The summed E-state index contributed by atoms with van der Waals surface area (Å²) in [5.74, 6) is 0. The Morgan fingerprint density at radius 1 is 0.577 bits per heavy atom. The number of unbranched alkanes of at least 4 members (excludes halogenated alkanes) is 15. The van der Waals surface area contributed by atoms with Crippen LogP contribution in [-0.2, 0) is 13.1 Å². The summed E-state index contributed by atoms with van der Waals surface area (Å²) in [4.78, 5) is 0. The van der Waals surface area contributed by atoms with Crippen LogP contribution in [0.15, 0.2) is 18.7 Å². The van der Waals surface area contributed by atoms with E-state index in [1.807, 2.05) is 0 Å². The van der Waals surface area contributed by atoms with Crippen LogP contribution in [0.1, 0.15) is 123 Å². The third kappa shape index (κ3) is 13.4. The predicted octanol–water partition coefficient (Wildman–Crippen LogP) is 7.45. The molecule has 1 aromatic rings. The summed E-state index contributed by atoms with van der Waals surface area (Å²) < 4.78 is 4.75. The van der Waals surface area contributed by atoms with Crippen LogP contribution in [-0.4, -0.2) is 4.57 Å². The van der Waals surface area contributed by atoms with E-state index >= 15 is 0 Å². The maximum Gasteiger partial charge on any atom is 0.243 e. The normalized spacial score (nSPS) is 11.3. The van der Waals surface area contributed by atoms with Gasteiger partial charge in [-0.15, -0.1) is 0 Å². The number of nitrogens with zero attached hydrogens (tertiary/aromatic N) is 2. The first kappa shape index (κ1) is 23.2. The molecule has 0 aromatic carbocycles. The Morgan fingerprint density at radius 3 is 1.58 bits per heavy atom. The second-order valence-corrected chi connectivity index (χ2v) is 8.19. The molecule has 0 bridgehead atoms. The summed E-state index contributed by atoms with van der Waals surface area (Å²) in [5, 5.41) is 0. The summed E-state index contributed by atoms with van der Waals surface area (Å²) in [6, 6.07) is 0. The molecular formula is C24H47N2+. The molecule has 0 spiro atoms. The number of aryl methyl sites for hydroxylation is 2. The van der Waals surface area contributed by atoms with Crippen LogP contribution in [0.25, 0.3) is 0 Å². The zero-order chi connectivity index (χ0) is 18.7. The maximum atomic E-state index is 2.38. The highest BCUT2D eigenvalue weighted by atomic mass is 15.1. The van der Waals surface area contributed by atoms with E-state index in [2.05, 4.69) is 41.7 Å².